The summed E-state index contributed by atoms with van der Waals surface area (Å²) in [7, 11) is 0. The summed E-state index contributed by atoms with van der Waals surface area (Å²) in [4.78, 5) is 11.2. The average Bonchev–Trinajstić information content (AvgIpc) is 2.47. The van der Waals surface area contributed by atoms with Crippen LogP contribution < -0.4 is 5.32 Å². The molecule has 0 aliphatic heterocycles. The summed E-state index contributed by atoms with van der Waals surface area (Å²) in [6.45, 7) is 6.17. The molecule has 0 saturated heterocycles. The number of rotatable bonds is 3. The second-order valence-electron chi connectivity index (χ2n) is 3.41. The second kappa shape index (κ2) is 4.07. The fraction of sp³-hybridized carbons (Fsp3) is 0.556. The molecule has 13 heavy (non-hydrogen) atoms. The van der Waals surface area contributed by atoms with E-state index >= 15 is 0 Å². The van der Waals surface area contributed by atoms with Gasteiger partial charge in [0.05, 0.1) is 12.2 Å². The molecule has 1 aromatic rings. The van der Waals surface area contributed by atoms with E-state index in [2.05, 4.69) is 15.5 Å². The van der Waals surface area contributed by atoms with Gasteiger partial charge >= 0.3 is 0 Å². The molecule has 0 fully saturated rings. The third-order valence-corrected chi connectivity index (χ3v) is 1.73. The fourth-order valence-corrected chi connectivity index (χ4v) is 0.947. The van der Waals surface area contributed by atoms with Crippen molar-refractivity contribution in [3.8, 4) is 0 Å². The molecule has 72 valence electrons. The molecule has 0 radical (unpaired) electrons. The number of hydrogen-bond donors (Lipinski definition) is 2. The Morgan fingerprint density at radius 2 is 2.38 bits per heavy atom. The summed E-state index contributed by atoms with van der Waals surface area (Å²) >= 11 is 0. The number of aromatic nitrogens is 2. The maximum absolute atomic E-state index is 11.2. The van der Waals surface area contributed by atoms with Crippen molar-refractivity contribution in [1.82, 2.24) is 15.5 Å². The predicted molar refractivity (Wildman–Crippen MR) is 50.0 cm³/mol. The third-order valence-electron chi connectivity index (χ3n) is 1.73. The number of aromatic amines is 1. The highest BCUT2D eigenvalue weighted by atomic mass is 16.1. The van der Waals surface area contributed by atoms with Gasteiger partial charge in [0.2, 0.25) is 5.91 Å². The summed E-state index contributed by atoms with van der Waals surface area (Å²) in [6, 6.07) is 1.92. The van der Waals surface area contributed by atoms with E-state index < -0.39 is 0 Å². The van der Waals surface area contributed by atoms with Crippen LogP contribution in [0.4, 0.5) is 0 Å². The normalized spacial score (nSPS) is 10.5. The lowest BCUT2D eigenvalue weighted by Crippen LogP contribution is -2.27. The highest BCUT2D eigenvalue weighted by Crippen LogP contribution is 1.98. The fourth-order valence-electron chi connectivity index (χ4n) is 0.947. The van der Waals surface area contributed by atoms with E-state index in [4.69, 9.17) is 0 Å². The molecule has 0 bridgehead atoms. The highest BCUT2D eigenvalue weighted by molar-refractivity contribution is 5.77. The van der Waals surface area contributed by atoms with Crippen molar-refractivity contribution < 1.29 is 4.79 Å². The zero-order valence-corrected chi connectivity index (χ0v) is 8.22. The first-order chi connectivity index (χ1) is 6.09. The molecule has 0 aliphatic carbocycles. The lowest BCUT2D eigenvalue weighted by molar-refractivity contribution is -0.124. The van der Waals surface area contributed by atoms with Crippen molar-refractivity contribution in [2.45, 2.75) is 27.3 Å². The third kappa shape index (κ3) is 2.89. The van der Waals surface area contributed by atoms with Gasteiger partial charge in [0, 0.05) is 11.6 Å². The van der Waals surface area contributed by atoms with Gasteiger partial charge in [0.15, 0.2) is 0 Å². The number of H-pyrrole nitrogens is 1. The maximum atomic E-state index is 11.2. The molecule has 0 spiro atoms. The molecular formula is C9H15N3O. The van der Waals surface area contributed by atoms with Gasteiger partial charge < -0.3 is 5.32 Å². The molecule has 1 aromatic heterocycles. The Balaban J connectivity index is 2.39. The zero-order valence-electron chi connectivity index (χ0n) is 8.22. The van der Waals surface area contributed by atoms with E-state index in [9.17, 15) is 4.79 Å². The minimum atomic E-state index is 0.0278. The van der Waals surface area contributed by atoms with E-state index in [0.717, 1.165) is 11.4 Å². The number of aryl methyl sites for hydroxylation is 1. The van der Waals surface area contributed by atoms with Crippen LogP contribution in [0.3, 0.4) is 0 Å². The van der Waals surface area contributed by atoms with Gasteiger partial charge in [-0.1, -0.05) is 13.8 Å². The van der Waals surface area contributed by atoms with Crippen LogP contribution in [0, 0.1) is 12.8 Å². The van der Waals surface area contributed by atoms with E-state index in [1.807, 2.05) is 26.8 Å². The molecule has 1 rings (SSSR count). The van der Waals surface area contributed by atoms with Gasteiger partial charge in [-0.15, -0.1) is 0 Å². The standard InChI is InChI=1S/C9H15N3O/c1-6(2)9(13)10-5-8-4-7(3)11-12-8/h4,6H,5H2,1-3H3,(H,10,13)(H,11,12). The molecule has 0 unspecified atom stereocenters. The molecule has 1 heterocycles. The molecule has 2 N–H and O–H groups in total. The van der Waals surface area contributed by atoms with Crippen LogP contribution in [-0.4, -0.2) is 16.1 Å². The van der Waals surface area contributed by atoms with Crippen LogP contribution in [-0.2, 0) is 11.3 Å². The monoisotopic (exact) mass is 181 g/mol. The number of carbonyl (C=O) groups is 1. The summed E-state index contributed by atoms with van der Waals surface area (Å²) in [5.74, 6) is 0.0840. The van der Waals surface area contributed by atoms with Crippen molar-refractivity contribution in [3.63, 3.8) is 0 Å². The van der Waals surface area contributed by atoms with Gasteiger partial charge in [-0.05, 0) is 13.0 Å². The largest absolute Gasteiger partial charge is 0.350 e. The summed E-state index contributed by atoms with van der Waals surface area (Å²) < 4.78 is 0. The van der Waals surface area contributed by atoms with Crippen LogP contribution >= 0.6 is 0 Å². The minimum absolute atomic E-state index is 0.0278. The number of carbonyl (C=O) groups excluding carboxylic acids is 1. The molecule has 1 amide bonds. The lowest BCUT2D eigenvalue weighted by Gasteiger charge is -2.04. The van der Waals surface area contributed by atoms with Crippen LogP contribution in [0.1, 0.15) is 25.2 Å². The summed E-state index contributed by atoms with van der Waals surface area (Å²) in [5.41, 5.74) is 1.88. The lowest BCUT2D eigenvalue weighted by atomic mass is 10.2. The number of amides is 1. The Morgan fingerprint density at radius 1 is 1.69 bits per heavy atom. The first-order valence-corrected chi connectivity index (χ1v) is 4.38. The van der Waals surface area contributed by atoms with E-state index in [1.165, 1.54) is 0 Å². The second-order valence-corrected chi connectivity index (χ2v) is 3.41. The predicted octanol–water partition coefficient (Wildman–Crippen LogP) is 0.990. The first-order valence-electron chi connectivity index (χ1n) is 4.38. The van der Waals surface area contributed by atoms with Crippen LogP contribution in [0.5, 0.6) is 0 Å². The van der Waals surface area contributed by atoms with E-state index in [-0.39, 0.29) is 11.8 Å². The molecule has 0 saturated carbocycles. The zero-order chi connectivity index (χ0) is 9.84. The van der Waals surface area contributed by atoms with Crippen LogP contribution in [0.25, 0.3) is 0 Å². The van der Waals surface area contributed by atoms with Crippen molar-refractivity contribution in [2.75, 3.05) is 0 Å². The van der Waals surface area contributed by atoms with Gasteiger partial charge in [-0.3, -0.25) is 9.89 Å². The SMILES string of the molecule is Cc1cc(CNC(=O)C(C)C)n[nH]1. The molecular weight excluding hydrogens is 166 g/mol. The molecule has 4 nitrogen and oxygen atoms in total. The van der Waals surface area contributed by atoms with Crippen molar-refractivity contribution >= 4 is 5.91 Å². The van der Waals surface area contributed by atoms with E-state index in [1.54, 1.807) is 0 Å². The van der Waals surface area contributed by atoms with Gasteiger partial charge in [0.25, 0.3) is 0 Å². The highest BCUT2D eigenvalue weighted by Gasteiger charge is 2.06. The molecule has 0 aliphatic rings. The Bertz CT molecular complexity index is 291. The smallest absolute Gasteiger partial charge is 0.222 e. The Hall–Kier alpha value is -1.32. The van der Waals surface area contributed by atoms with E-state index in [0.29, 0.717) is 6.54 Å². The Kier molecular flexibility index (Phi) is 3.06. The molecule has 4 heteroatoms. The van der Waals surface area contributed by atoms with Gasteiger partial charge in [0.1, 0.15) is 0 Å². The molecule has 0 atom stereocenters. The number of nitrogens with one attached hydrogen (secondary N) is 2. The Morgan fingerprint density at radius 3 is 2.85 bits per heavy atom. The summed E-state index contributed by atoms with van der Waals surface area (Å²) in [6.07, 6.45) is 0. The quantitative estimate of drug-likeness (QED) is 0.730. The van der Waals surface area contributed by atoms with Crippen molar-refractivity contribution in [3.05, 3.63) is 17.5 Å². The van der Waals surface area contributed by atoms with Crippen molar-refractivity contribution in [1.29, 1.82) is 0 Å². The maximum Gasteiger partial charge on any atom is 0.222 e. The summed E-state index contributed by atoms with van der Waals surface area (Å²) in [5, 5.41) is 9.62. The van der Waals surface area contributed by atoms with Gasteiger partial charge in [-0.2, -0.15) is 5.10 Å². The topological polar surface area (TPSA) is 57.8 Å². The van der Waals surface area contributed by atoms with Crippen LogP contribution in [0.15, 0.2) is 6.07 Å². The number of hydrogen-bond acceptors (Lipinski definition) is 2. The van der Waals surface area contributed by atoms with Crippen molar-refractivity contribution in [2.24, 2.45) is 5.92 Å². The minimum Gasteiger partial charge on any atom is -0.350 e. The average molecular weight is 181 g/mol. The van der Waals surface area contributed by atoms with Gasteiger partial charge in [-0.25, -0.2) is 0 Å². The molecule has 0 aromatic carbocycles. The Labute approximate surface area is 77.7 Å². The van der Waals surface area contributed by atoms with Crippen LogP contribution in [0.2, 0.25) is 0 Å². The first kappa shape index (κ1) is 9.77. The number of nitrogens with zero attached hydrogens (tertiary/aromatic N) is 1.